The van der Waals surface area contributed by atoms with Crippen LogP contribution in [0, 0.1) is 25.0 Å². The minimum absolute atomic E-state index is 0.0974. The lowest BCUT2D eigenvalue weighted by Crippen LogP contribution is -2.13. The Balaban J connectivity index is 1.57. The molecule has 0 radical (unpaired) electrons. The van der Waals surface area contributed by atoms with Gasteiger partial charge in [-0.3, -0.25) is 14.9 Å². The zero-order chi connectivity index (χ0) is 27.1. The van der Waals surface area contributed by atoms with Crippen LogP contribution in [-0.2, 0) is 11.4 Å². The highest BCUT2D eigenvalue weighted by Gasteiger charge is 2.16. The normalized spacial score (nSPS) is 11.0. The second kappa shape index (κ2) is 12.2. The van der Waals surface area contributed by atoms with Crippen LogP contribution >= 0.6 is 22.6 Å². The molecule has 4 aromatic rings. The maximum Gasteiger partial charge on any atom is 0.269 e. The molecule has 0 aliphatic heterocycles. The molecular formula is C29H22IN3O5. The number of amides is 1. The van der Waals surface area contributed by atoms with Crippen molar-refractivity contribution in [3.8, 4) is 17.6 Å². The van der Waals surface area contributed by atoms with Gasteiger partial charge in [-0.15, -0.1) is 0 Å². The third-order valence-corrected chi connectivity index (χ3v) is 6.40. The number of benzene rings is 4. The fourth-order valence-corrected chi connectivity index (χ4v) is 4.60. The van der Waals surface area contributed by atoms with Gasteiger partial charge in [0.25, 0.3) is 11.6 Å². The Morgan fingerprint density at radius 3 is 2.53 bits per heavy atom. The van der Waals surface area contributed by atoms with Crippen molar-refractivity contribution in [2.24, 2.45) is 0 Å². The van der Waals surface area contributed by atoms with E-state index in [1.165, 1.54) is 30.3 Å². The minimum atomic E-state index is -0.634. The summed E-state index contributed by atoms with van der Waals surface area (Å²) in [5.41, 5.74) is 1.74. The Bertz CT molecular complexity index is 1570. The average molecular weight is 619 g/mol. The predicted octanol–water partition coefficient (Wildman–Crippen LogP) is 6.88. The van der Waals surface area contributed by atoms with Gasteiger partial charge < -0.3 is 14.8 Å². The van der Waals surface area contributed by atoms with E-state index in [-0.39, 0.29) is 11.3 Å². The van der Waals surface area contributed by atoms with Gasteiger partial charge in [0, 0.05) is 17.8 Å². The van der Waals surface area contributed by atoms with Crippen LogP contribution in [0.25, 0.3) is 16.8 Å². The molecule has 0 saturated carbocycles. The smallest absolute Gasteiger partial charge is 0.269 e. The summed E-state index contributed by atoms with van der Waals surface area (Å²) < 4.78 is 12.8. The Kier molecular flexibility index (Phi) is 8.55. The van der Waals surface area contributed by atoms with Crippen LogP contribution < -0.4 is 14.8 Å². The number of nitrogens with one attached hydrogen (secondary N) is 1. The third kappa shape index (κ3) is 6.27. The van der Waals surface area contributed by atoms with Gasteiger partial charge >= 0.3 is 0 Å². The number of halogens is 1. The molecule has 1 amide bonds. The summed E-state index contributed by atoms with van der Waals surface area (Å²) in [4.78, 5) is 23.0. The monoisotopic (exact) mass is 619 g/mol. The summed E-state index contributed by atoms with van der Waals surface area (Å²) in [5, 5.41) is 25.3. The second-order valence-electron chi connectivity index (χ2n) is 8.12. The van der Waals surface area contributed by atoms with E-state index >= 15 is 0 Å². The largest absolute Gasteiger partial charge is 0.490 e. The molecule has 0 aromatic heterocycles. The highest BCUT2D eigenvalue weighted by Crippen LogP contribution is 2.36. The molecule has 1 N–H and O–H groups in total. The molecule has 38 heavy (non-hydrogen) atoms. The molecule has 0 unspecified atom stereocenters. The van der Waals surface area contributed by atoms with E-state index in [9.17, 15) is 20.2 Å². The number of nitrogens with zero attached hydrogens (tertiary/aromatic N) is 2. The predicted molar refractivity (Wildman–Crippen MR) is 154 cm³/mol. The van der Waals surface area contributed by atoms with Crippen molar-refractivity contribution < 1.29 is 19.2 Å². The number of nitriles is 1. The quantitative estimate of drug-likeness (QED) is 0.0719. The Morgan fingerprint density at radius 1 is 1.08 bits per heavy atom. The van der Waals surface area contributed by atoms with Crippen molar-refractivity contribution in [1.29, 1.82) is 5.26 Å². The van der Waals surface area contributed by atoms with Crippen LogP contribution in [0.1, 0.15) is 18.1 Å². The van der Waals surface area contributed by atoms with E-state index in [0.29, 0.717) is 36.0 Å². The van der Waals surface area contributed by atoms with Crippen molar-refractivity contribution in [2.75, 3.05) is 11.9 Å². The van der Waals surface area contributed by atoms with Crippen LogP contribution in [0.5, 0.6) is 11.5 Å². The first kappa shape index (κ1) is 26.6. The molecule has 0 aliphatic rings. The number of hydrogen-bond acceptors (Lipinski definition) is 6. The Hall–Kier alpha value is -4.43. The lowest BCUT2D eigenvalue weighted by Gasteiger charge is -2.16. The summed E-state index contributed by atoms with van der Waals surface area (Å²) in [6.45, 7) is 2.61. The van der Waals surface area contributed by atoms with E-state index in [2.05, 4.69) is 46.1 Å². The van der Waals surface area contributed by atoms with Gasteiger partial charge in [-0.25, -0.2) is 0 Å². The highest BCUT2D eigenvalue weighted by atomic mass is 127. The van der Waals surface area contributed by atoms with Crippen LogP contribution in [0.15, 0.2) is 84.4 Å². The number of carbonyl (C=O) groups is 1. The summed E-state index contributed by atoms with van der Waals surface area (Å²) in [7, 11) is 0. The molecule has 0 fully saturated rings. The lowest BCUT2D eigenvalue weighted by atomic mass is 10.1. The fraction of sp³-hybridized carbons (Fsp3) is 0.103. The van der Waals surface area contributed by atoms with Crippen molar-refractivity contribution in [3.63, 3.8) is 0 Å². The number of nitro groups is 1. The van der Waals surface area contributed by atoms with Crippen LogP contribution in [-0.4, -0.2) is 17.4 Å². The van der Waals surface area contributed by atoms with E-state index in [0.717, 1.165) is 19.9 Å². The number of hydrogen-bond donors (Lipinski definition) is 1. The number of fused-ring (bicyclic) bond motifs is 1. The van der Waals surface area contributed by atoms with E-state index in [1.807, 2.05) is 37.3 Å². The van der Waals surface area contributed by atoms with Crippen LogP contribution in [0.3, 0.4) is 0 Å². The van der Waals surface area contributed by atoms with Gasteiger partial charge in [0.1, 0.15) is 18.2 Å². The average Bonchev–Trinajstić information content (AvgIpc) is 2.91. The Labute approximate surface area is 232 Å². The molecule has 0 bridgehead atoms. The number of nitro benzene ring substituents is 1. The minimum Gasteiger partial charge on any atom is -0.490 e. The van der Waals surface area contributed by atoms with Gasteiger partial charge in [-0.1, -0.05) is 42.5 Å². The van der Waals surface area contributed by atoms with Crippen molar-refractivity contribution in [1.82, 2.24) is 0 Å². The first-order chi connectivity index (χ1) is 18.4. The molecule has 0 aliphatic carbocycles. The molecule has 9 heteroatoms. The van der Waals surface area contributed by atoms with E-state index in [1.54, 1.807) is 12.1 Å². The zero-order valence-electron chi connectivity index (χ0n) is 20.3. The number of ether oxygens (including phenoxy) is 2. The molecule has 8 nitrogen and oxygen atoms in total. The van der Waals surface area contributed by atoms with Crippen LogP contribution in [0.2, 0.25) is 0 Å². The van der Waals surface area contributed by atoms with Gasteiger partial charge in [0.2, 0.25) is 0 Å². The summed E-state index contributed by atoms with van der Waals surface area (Å²) in [5.74, 6) is 0.441. The summed E-state index contributed by atoms with van der Waals surface area (Å²) in [6.07, 6.45) is 1.46. The topological polar surface area (TPSA) is 114 Å². The van der Waals surface area contributed by atoms with Crippen molar-refractivity contribution in [2.45, 2.75) is 13.5 Å². The maximum atomic E-state index is 12.7. The number of carbonyl (C=O) groups excluding carboxylic acids is 1. The number of rotatable bonds is 9. The lowest BCUT2D eigenvalue weighted by molar-refractivity contribution is -0.384. The molecule has 0 saturated heterocycles. The first-order valence-corrected chi connectivity index (χ1v) is 12.7. The molecule has 0 heterocycles. The fourth-order valence-electron chi connectivity index (χ4n) is 3.82. The summed E-state index contributed by atoms with van der Waals surface area (Å²) in [6, 6.07) is 25.0. The van der Waals surface area contributed by atoms with E-state index < -0.39 is 10.8 Å². The number of anilines is 1. The first-order valence-electron chi connectivity index (χ1n) is 11.6. The Morgan fingerprint density at radius 2 is 1.82 bits per heavy atom. The van der Waals surface area contributed by atoms with Crippen LogP contribution in [0.4, 0.5) is 11.4 Å². The molecule has 4 aromatic carbocycles. The molecule has 0 atom stereocenters. The molecular weight excluding hydrogens is 597 g/mol. The zero-order valence-corrected chi connectivity index (χ0v) is 22.5. The summed E-state index contributed by atoms with van der Waals surface area (Å²) >= 11 is 2.14. The van der Waals surface area contributed by atoms with E-state index in [4.69, 9.17) is 9.47 Å². The van der Waals surface area contributed by atoms with Gasteiger partial charge in [0.15, 0.2) is 11.5 Å². The molecule has 0 spiro atoms. The number of non-ortho nitro benzene ring substituents is 1. The molecule has 190 valence electrons. The van der Waals surface area contributed by atoms with Gasteiger partial charge in [-0.2, -0.15) is 5.26 Å². The van der Waals surface area contributed by atoms with Gasteiger partial charge in [0.05, 0.1) is 15.1 Å². The standard InChI is InChI=1S/C29H22IN3O5/c1-2-37-27-16-19(14-22(17-31)29(34)32-23-10-12-24(13-11-23)33(35)36)15-26(30)28(27)38-18-21-8-5-7-20-6-3-4-9-25(20)21/h3-16H,2,18H2,1H3,(H,32,34)/b22-14+. The SMILES string of the molecule is CCOc1cc(/C=C(\C#N)C(=O)Nc2ccc([N+](=O)[O-])cc2)cc(I)c1OCc1cccc2ccccc12. The maximum absolute atomic E-state index is 12.7. The van der Waals surface area contributed by atoms with Crippen molar-refractivity contribution >= 4 is 56.7 Å². The van der Waals surface area contributed by atoms with Gasteiger partial charge in [-0.05, 0) is 81.8 Å². The second-order valence-corrected chi connectivity index (χ2v) is 9.28. The highest BCUT2D eigenvalue weighted by molar-refractivity contribution is 14.1. The van der Waals surface area contributed by atoms with Crippen molar-refractivity contribution in [3.05, 3.63) is 109 Å². The third-order valence-electron chi connectivity index (χ3n) is 5.60. The molecule has 4 rings (SSSR count).